The molecule has 0 unspecified atom stereocenters. The van der Waals surface area contributed by atoms with Gasteiger partial charge in [0.2, 0.25) is 35.4 Å². The van der Waals surface area contributed by atoms with Crippen molar-refractivity contribution in [2.75, 3.05) is 53.6 Å². The molecule has 0 aliphatic carbocycles. The molecule has 15 N–H and O–H groups in total. The Morgan fingerprint density at radius 1 is 0.462 bits per heavy atom. The van der Waals surface area contributed by atoms with Crippen LogP contribution in [0.3, 0.4) is 0 Å². The lowest BCUT2D eigenvalue weighted by atomic mass is 10.0. The van der Waals surface area contributed by atoms with Crippen LogP contribution in [0.2, 0.25) is 0 Å². The first-order chi connectivity index (χ1) is 55.2. The summed E-state index contributed by atoms with van der Waals surface area (Å²) in [5.74, 6) is -1.62. The first-order valence-electron chi connectivity index (χ1n) is 37.3. The molecule has 638 valence electrons. The van der Waals surface area contributed by atoms with E-state index in [1.165, 1.54) is 19.0 Å². The van der Waals surface area contributed by atoms with Gasteiger partial charge in [-0.05, 0) is 119 Å². The van der Waals surface area contributed by atoms with Crippen LogP contribution in [-0.2, 0) is 96.8 Å². The van der Waals surface area contributed by atoms with Crippen molar-refractivity contribution in [3.05, 3.63) is 233 Å². The number of rotatable bonds is 33. The Kier molecular flexibility index (Phi) is 35.2. The second-order valence-corrected chi connectivity index (χ2v) is 29.4. The van der Waals surface area contributed by atoms with E-state index in [-0.39, 0.29) is 93.4 Å². The van der Waals surface area contributed by atoms with E-state index in [1.54, 1.807) is 99.1 Å². The van der Waals surface area contributed by atoms with Gasteiger partial charge in [0.25, 0.3) is 0 Å². The number of primary amides is 3. The molecule has 4 atom stereocenters. The second-order valence-electron chi connectivity index (χ2n) is 29.4. The summed E-state index contributed by atoms with van der Waals surface area (Å²) in [4.78, 5) is 123. The van der Waals surface area contributed by atoms with Crippen LogP contribution in [-0.4, -0.2) is 178 Å². The summed E-state index contributed by atoms with van der Waals surface area (Å²) in [6.07, 6.45) is 2.51. The third-order valence-electron chi connectivity index (χ3n) is 18.2. The zero-order valence-corrected chi connectivity index (χ0v) is 66.1. The van der Waals surface area contributed by atoms with Crippen LogP contribution in [0, 0.1) is 0 Å². The van der Waals surface area contributed by atoms with E-state index in [0.717, 1.165) is 48.7 Å². The highest BCUT2D eigenvalue weighted by Gasteiger charge is 2.36. The van der Waals surface area contributed by atoms with E-state index in [0.29, 0.717) is 72.8 Å². The number of pyridine rings is 3. The van der Waals surface area contributed by atoms with Gasteiger partial charge in [-0.25, -0.2) is 24.4 Å². The molecule has 10 aromatic rings. The van der Waals surface area contributed by atoms with Crippen LogP contribution in [0.15, 0.2) is 182 Å². The minimum absolute atomic E-state index is 0. The van der Waals surface area contributed by atoms with Crippen LogP contribution < -0.4 is 50.4 Å². The van der Waals surface area contributed by atoms with Gasteiger partial charge < -0.3 is 88.6 Å². The third kappa shape index (κ3) is 26.9. The molecule has 34 heteroatoms. The molecule has 1 aliphatic rings. The standard InChI is InChI=1S/C30H35N7O5.C27H34N6O5.C25H32N6O5.3CH4/c1-30(2,32)28(39)33-24(19-41-17-21-12-7-8-14-23(21)20-10-5-4-6-11-20)27-35-34-26-15-9-13-22(37(26)27)18-42-29(40)36(3)16-25(31)38;1-27(2,29)25(35)31-21(17-37-15-18-8-4-3-5-9-18)24-30-14-19-10-6-11-20(33(19)24)16-38-26(36)32-13-7-12-22(32)23(28)34;1-25(2,27)23(33)29-20(16-35-14-17-8-5-4-6-9-17)22-28-12-18-10-7-11-19(31(18)22)15-36-24(34)30(3)13-21(26)32;;;/h4-15,24H,16-19,32H2,1-3H3,(H2,31,38)(H,33,39);3-6,8-11,14,21-22H,7,12-13,15-17,29H2,1-2H3,(H2,28,34)(H,31,35);4-12,20H,13-16,27H2,1-3H3,(H2,26,32)(H,29,33);3*1H4/t24-;21-,22-;20-;;;/m111.../s1. The Morgan fingerprint density at radius 3 is 1.29 bits per heavy atom. The topological polar surface area (TPSA) is 476 Å². The van der Waals surface area contributed by atoms with Crippen molar-refractivity contribution in [2.24, 2.45) is 34.4 Å². The number of likely N-dealkylation sites (tertiary alicyclic amines) is 1. The number of carbonyl (C=O) groups is 9. The number of likely N-dealkylation sites (N-methyl/N-ethyl adjacent to an activating group) is 2. The maximum absolute atomic E-state index is 13.0. The van der Waals surface area contributed by atoms with Gasteiger partial charge in [0.05, 0.1) is 96.8 Å². The fourth-order valence-corrected chi connectivity index (χ4v) is 12.1. The maximum Gasteiger partial charge on any atom is 0.410 e. The predicted octanol–water partition coefficient (Wildman–Crippen LogP) is 8.00. The molecule has 9 amide bonds. The van der Waals surface area contributed by atoms with Crippen molar-refractivity contribution in [2.45, 2.75) is 157 Å². The van der Waals surface area contributed by atoms with Crippen molar-refractivity contribution in [1.29, 1.82) is 0 Å². The number of ether oxygens (including phenoxy) is 6. The Morgan fingerprint density at radius 2 is 0.857 bits per heavy atom. The van der Waals surface area contributed by atoms with Gasteiger partial charge in [0, 0.05) is 20.6 Å². The third-order valence-corrected chi connectivity index (χ3v) is 18.2. The highest BCUT2D eigenvalue weighted by molar-refractivity contribution is 5.87. The van der Waals surface area contributed by atoms with Crippen molar-refractivity contribution in [3.8, 4) is 11.1 Å². The molecule has 0 radical (unpaired) electrons. The molecular weight excluding hydrogens is 1530 g/mol. The second kappa shape index (κ2) is 44.0. The lowest BCUT2D eigenvalue weighted by Gasteiger charge is -2.25. The number of benzene rings is 4. The van der Waals surface area contributed by atoms with Crippen LogP contribution in [0.25, 0.3) is 27.8 Å². The Hall–Kier alpha value is -12.7. The number of amides is 9. The molecular formula is C85H113N19O15. The van der Waals surface area contributed by atoms with Gasteiger partial charge in [-0.15, -0.1) is 10.2 Å². The SMILES string of the molecule is C.C.C.CC(C)(N)C(=O)N[C@H](COCc1ccccc1)c1ncc2cccc(COC(=O)N3CCC[C@@H]3C(N)=O)n12.CN(CC(N)=O)C(=O)OCc1cccc2cnc([C@@H](COCc3ccccc3)NC(=O)C(C)(C)N)n12.CN(CC(N)=O)C(=O)OCc1cccc2nnc([C@@H](COCc3ccccc3-c3ccccc3)NC(=O)C(C)(C)N)n12. The fourth-order valence-electron chi connectivity index (χ4n) is 12.1. The zero-order valence-electron chi connectivity index (χ0n) is 66.1. The number of nitrogens with one attached hydrogen (secondary N) is 3. The first kappa shape index (κ1) is 95.1. The number of nitrogens with two attached hydrogens (primary N) is 6. The van der Waals surface area contributed by atoms with E-state index >= 15 is 0 Å². The molecule has 7 heterocycles. The van der Waals surface area contributed by atoms with Crippen molar-refractivity contribution in [3.63, 3.8) is 0 Å². The fraction of sp³-hybridized carbons (Fsp3) is 0.376. The number of imidazole rings is 2. The predicted molar refractivity (Wildman–Crippen MR) is 448 cm³/mol. The summed E-state index contributed by atoms with van der Waals surface area (Å²) in [6.45, 7) is 10.5. The van der Waals surface area contributed by atoms with Crippen LogP contribution in [0.1, 0.15) is 146 Å². The molecule has 6 aromatic heterocycles. The summed E-state index contributed by atoms with van der Waals surface area (Å²) in [5.41, 5.74) is 39.3. The minimum atomic E-state index is -1.16. The molecule has 1 saturated heterocycles. The molecule has 0 spiro atoms. The van der Waals surface area contributed by atoms with Gasteiger partial charge in [0.1, 0.15) is 68.7 Å². The highest BCUT2D eigenvalue weighted by Crippen LogP contribution is 2.28. The number of carbonyl (C=O) groups excluding carboxylic acids is 9. The molecule has 0 saturated carbocycles. The Labute approximate surface area is 692 Å². The van der Waals surface area contributed by atoms with E-state index in [1.807, 2.05) is 138 Å². The lowest BCUT2D eigenvalue weighted by Crippen LogP contribution is -2.51. The van der Waals surface area contributed by atoms with E-state index in [4.69, 9.17) is 62.8 Å². The number of hydrogen-bond donors (Lipinski definition) is 9. The molecule has 119 heavy (non-hydrogen) atoms. The molecule has 0 bridgehead atoms. The zero-order chi connectivity index (χ0) is 83.9. The normalized spacial score (nSPS) is 13.2. The average Bonchev–Trinajstić information content (AvgIpc) is 1.66. The van der Waals surface area contributed by atoms with Gasteiger partial charge in [-0.2, -0.15) is 0 Å². The van der Waals surface area contributed by atoms with Gasteiger partial charge in [-0.1, -0.05) is 156 Å². The summed E-state index contributed by atoms with van der Waals surface area (Å²) in [5, 5.41) is 17.4. The molecule has 34 nitrogen and oxygen atoms in total. The lowest BCUT2D eigenvalue weighted by molar-refractivity contribution is -0.127. The molecule has 4 aromatic carbocycles. The smallest absolute Gasteiger partial charge is 0.410 e. The monoisotopic (exact) mass is 1640 g/mol. The summed E-state index contributed by atoms with van der Waals surface area (Å²) >= 11 is 0. The number of hydrogen-bond acceptors (Lipinski definition) is 22. The van der Waals surface area contributed by atoms with Crippen LogP contribution in [0.5, 0.6) is 0 Å². The van der Waals surface area contributed by atoms with Crippen molar-refractivity contribution < 1.29 is 71.6 Å². The Bertz CT molecular complexity index is 5020. The molecule has 11 rings (SSSR count). The Balaban J connectivity index is 0.000000274. The summed E-state index contributed by atoms with van der Waals surface area (Å²) < 4.78 is 39.7. The first-order valence-corrected chi connectivity index (χ1v) is 37.3. The minimum Gasteiger partial charge on any atom is -0.443 e. The average molecular weight is 1640 g/mol. The molecule has 1 fully saturated rings. The molecule has 1 aliphatic heterocycles. The highest BCUT2D eigenvalue weighted by atomic mass is 16.6. The summed E-state index contributed by atoms with van der Waals surface area (Å²) in [7, 11) is 2.83. The van der Waals surface area contributed by atoms with Crippen molar-refractivity contribution in [1.82, 2.24) is 64.0 Å². The van der Waals surface area contributed by atoms with Gasteiger partial charge in [0.15, 0.2) is 11.5 Å². The van der Waals surface area contributed by atoms with E-state index < -0.39 is 82.7 Å². The van der Waals surface area contributed by atoms with E-state index in [2.05, 4.69) is 36.1 Å². The number of aromatic nitrogens is 7. The quantitative estimate of drug-likeness (QED) is 0.0176. The van der Waals surface area contributed by atoms with Gasteiger partial charge in [-0.3, -0.25) is 46.9 Å². The van der Waals surface area contributed by atoms with Crippen LogP contribution in [0.4, 0.5) is 14.4 Å². The van der Waals surface area contributed by atoms with Crippen molar-refractivity contribution >= 4 is 70.4 Å². The number of fused-ring (bicyclic) bond motifs is 3. The van der Waals surface area contributed by atoms with Gasteiger partial charge >= 0.3 is 18.3 Å². The van der Waals surface area contributed by atoms with Crippen LogP contribution >= 0.6 is 0 Å². The summed E-state index contributed by atoms with van der Waals surface area (Å²) in [6, 6.07) is 50.8. The maximum atomic E-state index is 13.0. The largest absolute Gasteiger partial charge is 0.443 e. The number of nitrogens with zero attached hydrogens (tertiary/aromatic N) is 10. The van der Waals surface area contributed by atoms with E-state index in [9.17, 15) is 43.2 Å².